The van der Waals surface area contributed by atoms with Crippen molar-refractivity contribution in [1.29, 1.82) is 0 Å². The molecule has 0 aromatic rings. The first kappa shape index (κ1) is 17.2. The maximum atomic E-state index is 4.71. The van der Waals surface area contributed by atoms with E-state index in [4.69, 9.17) is 5.73 Å². The molecule has 4 heteroatoms. The Morgan fingerprint density at radius 3 is 1.77 bits per heavy atom. The normalized spacial score (nSPS) is 8.23. The zero-order valence-corrected chi connectivity index (χ0v) is 15.0. The SMILES string of the molecule is CCC[CH2][Ba][CH2]CCC.NC(=S)S. The maximum Gasteiger partial charge on any atom is 0.128 e. The average molecular weight is 345 g/mol. The standard InChI is InChI=1S/2C4H9.CH3NS2.Ba/c2*1-3-4-2;2-1(3)4;/h2*1,3-4H2,2H3;(H3,2,3,4);. The van der Waals surface area contributed by atoms with E-state index < -0.39 is 0 Å². The van der Waals surface area contributed by atoms with Crippen molar-refractivity contribution in [3.05, 3.63) is 0 Å². The summed E-state index contributed by atoms with van der Waals surface area (Å²) in [6.07, 6.45) is 5.91. The van der Waals surface area contributed by atoms with Crippen LogP contribution in [0.5, 0.6) is 0 Å². The van der Waals surface area contributed by atoms with Crippen molar-refractivity contribution in [1.82, 2.24) is 0 Å². The smallest absolute Gasteiger partial charge is 0.128 e. The average Bonchev–Trinajstić information content (AvgIpc) is 2.03. The van der Waals surface area contributed by atoms with Gasteiger partial charge >= 0.3 is 85.5 Å². The number of unbranched alkanes of at least 4 members (excludes halogenated alkanes) is 2. The van der Waals surface area contributed by atoms with E-state index in [1.54, 1.807) is 1.78 Å². The van der Waals surface area contributed by atoms with Gasteiger partial charge in [-0.25, -0.2) is 0 Å². The van der Waals surface area contributed by atoms with Crippen molar-refractivity contribution in [2.24, 2.45) is 5.73 Å². The Morgan fingerprint density at radius 1 is 1.23 bits per heavy atom. The second-order valence-electron chi connectivity index (χ2n) is 3.11. The van der Waals surface area contributed by atoms with E-state index in [2.05, 4.69) is 38.7 Å². The Balaban J connectivity index is 0. The molecule has 0 atom stereocenters. The molecule has 0 saturated heterocycles. The minimum atomic E-state index is -0.253. The summed E-state index contributed by atoms with van der Waals surface area (Å²) in [5.41, 5.74) is 4.71. The molecule has 0 bridgehead atoms. The van der Waals surface area contributed by atoms with E-state index in [0.29, 0.717) is 0 Å². The van der Waals surface area contributed by atoms with Gasteiger partial charge in [0.15, 0.2) is 0 Å². The monoisotopic (exact) mass is 345 g/mol. The molecule has 0 spiro atoms. The summed E-state index contributed by atoms with van der Waals surface area (Å²) < 4.78 is 3.55. The summed E-state index contributed by atoms with van der Waals surface area (Å²) in [7, 11) is 0. The molecule has 0 aliphatic carbocycles. The summed E-state index contributed by atoms with van der Waals surface area (Å²) in [5.74, 6) is 0. The molecule has 2 N–H and O–H groups in total. The van der Waals surface area contributed by atoms with E-state index >= 15 is 0 Å². The van der Waals surface area contributed by atoms with Crippen LogP contribution in [0, 0.1) is 0 Å². The molecule has 0 rings (SSSR count). The van der Waals surface area contributed by atoms with Gasteiger partial charge in [-0.3, -0.25) is 0 Å². The van der Waals surface area contributed by atoms with Gasteiger partial charge in [-0.15, -0.1) is 12.6 Å². The predicted molar refractivity (Wildman–Crippen MR) is 71.0 cm³/mol. The summed E-state index contributed by atoms with van der Waals surface area (Å²) >= 11 is 7.40. The minimum Gasteiger partial charge on any atom is -0.385 e. The second-order valence-corrected chi connectivity index (χ2v) is 11.0. The first-order valence-electron chi connectivity index (χ1n) is 5.13. The van der Waals surface area contributed by atoms with Crippen LogP contribution in [0.3, 0.4) is 0 Å². The number of thiol groups is 1. The van der Waals surface area contributed by atoms with Gasteiger partial charge in [0.05, 0.1) is 0 Å². The van der Waals surface area contributed by atoms with Gasteiger partial charge < -0.3 is 5.73 Å². The van der Waals surface area contributed by atoms with Crippen LogP contribution >= 0.6 is 24.8 Å². The van der Waals surface area contributed by atoms with Gasteiger partial charge in [-0.1, -0.05) is 12.2 Å². The van der Waals surface area contributed by atoms with Gasteiger partial charge in [0.25, 0.3) is 0 Å². The Hall–Kier alpha value is 1.81. The summed E-state index contributed by atoms with van der Waals surface area (Å²) in [4.78, 5) is 0. The van der Waals surface area contributed by atoms with E-state index in [0.717, 1.165) is 0 Å². The second kappa shape index (κ2) is 16.2. The molecular formula is C9H21BaNS2. The van der Waals surface area contributed by atoms with Gasteiger partial charge in [0.1, 0.15) is 4.32 Å². The summed E-state index contributed by atoms with van der Waals surface area (Å²) in [5, 5.41) is 0. The van der Waals surface area contributed by atoms with Gasteiger partial charge in [-0.05, 0) is 0 Å². The molecule has 0 aliphatic rings. The Kier molecular flexibility index (Phi) is 21.5. The van der Waals surface area contributed by atoms with Crippen LogP contribution in [0.15, 0.2) is 0 Å². The topological polar surface area (TPSA) is 26.0 Å². The largest absolute Gasteiger partial charge is 0.385 e. The Bertz CT molecular complexity index is 99.8. The van der Waals surface area contributed by atoms with Gasteiger partial charge in [-0.2, -0.15) is 0 Å². The third-order valence-electron chi connectivity index (χ3n) is 1.71. The molecule has 1 nitrogen and oxygen atoms in total. The molecule has 13 heavy (non-hydrogen) atoms. The number of thiocarbonyl (C=S) groups is 1. The summed E-state index contributed by atoms with van der Waals surface area (Å²) in [6.45, 7) is 4.60. The van der Waals surface area contributed by atoms with Crippen LogP contribution in [0.2, 0.25) is 1.78 Å². The third-order valence-corrected chi connectivity index (χ3v) is 7.99. The third kappa shape index (κ3) is 31.6. The zero-order chi connectivity index (χ0) is 10.5. The van der Waals surface area contributed by atoms with E-state index in [1.807, 2.05) is 0 Å². The van der Waals surface area contributed by atoms with Gasteiger partial charge in [0, 0.05) is 0 Å². The van der Waals surface area contributed by atoms with Crippen molar-refractivity contribution in [3.8, 4) is 0 Å². The molecule has 0 radical (unpaired) electrons. The molecule has 0 aliphatic heterocycles. The van der Waals surface area contributed by atoms with Crippen LogP contribution in [-0.4, -0.2) is 48.5 Å². The fourth-order valence-corrected chi connectivity index (χ4v) is 7.50. The van der Waals surface area contributed by atoms with Crippen molar-refractivity contribution in [3.63, 3.8) is 0 Å². The molecule has 0 aromatic carbocycles. The predicted octanol–water partition coefficient (Wildman–Crippen LogP) is 3.29. The van der Waals surface area contributed by atoms with Crippen LogP contribution in [0.4, 0.5) is 0 Å². The quantitative estimate of drug-likeness (QED) is 0.335. The fraction of sp³-hybridized carbons (Fsp3) is 0.889. The first-order valence-corrected chi connectivity index (χ1v) is 12.3. The van der Waals surface area contributed by atoms with E-state index in [9.17, 15) is 0 Å². The molecule has 0 amide bonds. The zero-order valence-electron chi connectivity index (χ0n) is 8.88. The Morgan fingerprint density at radius 2 is 1.54 bits per heavy atom. The van der Waals surface area contributed by atoms with Crippen molar-refractivity contribution >= 4 is 73.4 Å². The van der Waals surface area contributed by atoms with E-state index in [-0.39, 0.29) is 48.5 Å². The van der Waals surface area contributed by atoms with Crippen molar-refractivity contribution in [2.75, 3.05) is 0 Å². The molecule has 0 heterocycles. The van der Waals surface area contributed by atoms with Crippen LogP contribution in [0.1, 0.15) is 39.5 Å². The van der Waals surface area contributed by atoms with Crippen molar-refractivity contribution < 1.29 is 0 Å². The van der Waals surface area contributed by atoms with Gasteiger partial charge in [0.2, 0.25) is 0 Å². The molecular weight excluding hydrogens is 324 g/mol. The van der Waals surface area contributed by atoms with Crippen LogP contribution in [-0.2, 0) is 0 Å². The molecule has 0 aromatic heterocycles. The van der Waals surface area contributed by atoms with Crippen LogP contribution in [0.25, 0.3) is 0 Å². The fourth-order valence-electron chi connectivity index (χ4n) is 1.03. The molecule has 0 unspecified atom stereocenters. The Labute approximate surface area is 118 Å². The molecule has 76 valence electrons. The number of rotatable bonds is 6. The first-order chi connectivity index (χ1) is 6.15. The van der Waals surface area contributed by atoms with Crippen molar-refractivity contribution in [2.45, 2.75) is 41.3 Å². The number of hydrogen-bond donors (Lipinski definition) is 2. The van der Waals surface area contributed by atoms with Crippen LogP contribution < -0.4 is 5.73 Å². The summed E-state index contributed by atoms with van der Waals surface area (Å²) in [6, 6.07) is 0. The number of hydrogen-bond acceptors (Lipinski definition) is 1. The minimum absolute atomic E-state index is 0.194. The maximum absolute atomic E-state index is 4.71. The number of nitrogens with two attached hydrogens (primary N) is 1. The van der Waals surface area contributed by atoms with E-state index in [1.165, 1.54) is 25.7 Å². The molecule has 0 fully saturated rings. The molecule has 0 saturated carbocycles.